The summed E-state index contributed by atoms with van der Waals surface area (Å²) < 4.78 is 1.16. The fraction of sp³-hybridized carbons (Fsp3) is 0.600. The van der Waals surface area contributed by atoms with Crippen molar-refractivity contribution in [3.8, 4) is 0 Å². The smallest absolute Gasteiger partial charge is 0.0367 e. The van der Waals surface area contributed by atoms with E-state index in [1.165, 1.54) is 44.6 Å². The lowest BCUT2D eigenvalue weighted by atomic mass is 10.2. The van der Waals surface area contributed by atoms with Crippen LogP contribution in [0.5, 0.6) is 0 Å². The van der Waals surface area contributed by atoms with Gasteiger partial charge in [0, 0.05) is 36.3 Å². The SMILES string of the molecule is CCCCCN1CCN(c2ccc(Br)cc2)CC1. The molecule has 0 amide bonds. The molecule has 0 radical (unpaired) electrons. The standard InChI is InChI=1S/C15H23BrN2/c1-2-3-4-9-17-10-12-18(13-11-17)15-7-5-14(16)6-8-15/h5-8H,2-4,9-13H2,1H3. The number of nitrogens with zero attached hydrogens (tertiary/aromatic N) is 2. The molecule has 1 fully saturated rings. The summed E-state index contributed by atoms with van der Waals surface area (Å²) in [6.45, 7) is 8.29. The van der Waals surface area contributed by atoms with E-state index in [0.717, 1.165) is 17.6 Å². The monoisotopic (exact) mass is 310 g/mol. The number of anilines is 1. The first-order valence-corrected chi connectivity index (χ1v) is 7.82. The van der Waals surface area contributed by atoms with Gasteiger partial charge in [-0.2, -0.15) is 0 Å². The van der Waals surface area contributed by atoms with Crippen molar-refractivity contribution in [1.82, 2.24) is 4.90 Å². The van der Waals surface area contributed by atoms with Crippen LogP contribution in [0.2, 0.25) is 0 Å². The molecule has 1 heterocycles. The maximum atomic E-state index is 3.49. The van der Waals surface area contributed by atoms with Crippen LogP contribution < -0.4 is 4.90 Å². The zero-order valence-electron chi connectivity index (χ0n) is 11.2. The molecule has 18 heavy (non-hydrogen) atoms. The van der Waals surface area contributed by atoms with Gasteiger partial charge >= 0.3 is 0 Å². The predicted molar refractivity (Wildman–Crippen MR) is 82.3 cm³/mol. The molecule has 1 aromatic rings. The molecule has 0 aromatic heterocycles. The van der Waals surface area contributed by atoms with Crippen LogP contribution in [0.15, 0.2) is 28.7 Å². The van der Waals surface area contributed by atoms with Crippen LogP contribution in [-0.4, -0.2) is 37.6 Å². The van der Waals surface area contributed by atoms with Gasteiger partial charge in [0.25, 0.3) is 0 Å². The number of hydrogen-bond donors (Lipinski definition) is 0. The van der Waals surface area contributed by atoms with Gasteiger partial charge in [-0.3, -0.25) is 4.90 Å². The first-order chi connectivity index (χ1) is 8.79. The number of benzene rings is 1. The molecule has 0 aliphatic carbocycles. The maximum Gasteiger partial charge on any atom is 0.0367 e. The third kappa shape index (κ3) is 3.99. The first-order valence-electron chi connectivity index (χ1n) is 7.02. The van der Waals surface area contributed by atoms with Crippen molar-refractivity contribution in [2.45, 2.75) is 26.2 Å². The van der Waals surface area contributed by atoms with Crippen molar-refractivity contribution in [3.05, 3.63) is 28.7 Å². The zero-order valence-corrected chi connectivity index (χ0v) is 12.8. The molecule has 1 aliphatic heterocycles. The Hall–Kier alpha value is -0.540. The van der Waals surface area contributed by atoms with Gasteiger partial charge in [0.2, 0.25) is 0 Å². The molecule has 100 valence electrons. The Morgan fingerprint density at radius 3 is 2.28 bits per heavy atom. The third-order valence-electron chi connectivity index (χ3n) is 3.64. The molecule has 0 spiro atoms. The van der Waals surface area contributed by atoms with Crippen molar-refractivity contribution in [2.75, 3.05) is 37.6 Å². The Balaban J connectivity index is 1.77. The van der Waals surface area contributed by atoms with E-state index in [1.807, 2.05) is 0 Å². The molecule has 3 heteroatoms. The van der Waals surface area contributed by atoms with Crippen molar-refractivity contribution in [1.29, 1.82) is 0 Å². The van der Waals surface area contributed by atoms with Crippen LogP contribution in [0.1, 0.15) is 26.2 Å². The highest BCUT2D eigenvalue weighted by atomic mass is 79.9. The number of halogens is 1. The van der Waals surface area contributed by atoms with E-state index in [-0.39, 0.29) is 0 Å². The molecule has 0 unspecified atom stereocenters. The summed E-state index contributed by atoms with van der Waals surface area (Å²) >= 11 is 3.49. The summed E-state index contributed by atoms with van der Waals surface area (Å²) in [5, 5.41) is 0. The van der Waals surface area contributed by atoms with Crippen molar-refractivity contribution < 1.29 is 0 Å². The molecule has 0 saturated carbocycles. The van der Waals surface area contributed by atoms with E-state index in [2.05, 4.69) is 56.9 Å². The number of unbranched alkanes of at least 4 members (excludes halogenated alkanes) is 2. The van der Waals surface area contributed by atoms with Gasteiger partial charge in [0.05, 0.1) is 0 Å². The number of rotatable bonds is 5. The molecule has 1 aliphatic rings. The van der Waals surface area contributed by atoms with Gasteiger partial charge in [-0.25, -0.2) is 0 Å². The molecule has 0 N–H and O–H groups in total. The highest BCUT2D eigenvalue weighted by molar-refractivity contribution is 9.10. The van der Waals surface area contributed by atoms with E-state index < -0.39 is 0 Å². The topological polar surface area (TPSA) is 6.48 Å². The van der Waals surface area contributed by atoms with Crippen molar-refractivity contribution in [3.63, 3.8) is 0 Å². The third-order valence-corrected chi connectivity index (χ3v) is 4.17. The summed E-state index contributed by atoms with van der Waals surface area (Å²) in [6.07, 6.45) is 4.04. The van der Waals surface area contributed by atoms with Crippen LogP contribution in [0, 0.1) is 0 Å². The second-order valence-electron chi connectivity index (χ2n) is 5.01. The molecular weight excluding hydrogens is 288 g/mol. The minimum absolute atomic E-state index is 1.16. The maximum absolute atomic E-state index is 3.49. The van der Waals surface area contributed by atoms with Crippen LogP contribution >= 0.6 is 15.9 Å². The van der Waals surface area contributed by atoms with Crippen LogP contribution in [0.4, 0.5) is 5.69 Å². The Morgan fingerprint density at radius 1 is 1.00 bits per heavy atom. The summed E-state index contributed by atoms with van der Waals surface area (Å²) in [5.41, 5.74) is 1.35. The molecule has 2 rings (SSSR count). The second-order valence-corrected chi connectivity index (χ2v) is 5.93. The van der Waals surface area contributed by atoms with E-state index in [1.54, 1.807) is 0 Å². The average molecular weight is 311 g/mol. The first kappa shape index (κ1) is 13.9. The summed E-state index contributed by atoms with van der Waals surface area (Å²) in [4.78, 5) is 5.09. The predicted octanol–water partition coefficient (Wildman–Crippen LogP) is 3.76. The Labute approximate surface area is 119 Å². The Morgan fingerprint density at radius 2 is 1.67 bits per heavy atom. The summed E-state index contributed by atoms with van der Waals surface area (Å²) in [7, 11) is 0. The molecule has 1 saturated heterocycles. The lowest BCUT2D eigenvalue weighted by Crippen LogP contribution is -2.46. The fourth-order valence-electron chi connectivity index (χ4n) is 2.47. The van der Waals surface area contributed by atoms with Crippen molar-refractivity contribution >= 4 is 21.6 Å². The quantitative estimate of drug-likeness (QED) is 0.764. The summed E-state index contributed by atoms with van der Waals surface area (Å²) in [6, 6.07) is 8.67. The van der Waals surface area contributed by atoms with Gasteiger partial charge in [0.15, 0.2) is 0 Å². The molecule has 1 aromatic carbocycles. The normalized spacial score (nSPS) is 17.1. The zero-order chi connectivity index (χ0) is 12.8. The van der Waals surface area contributed by atoms with Crippen molar-refractivity contribution in [2.24, 2.45) is 0 Å². The van der Waals surface area contributed by atoms with E-state index in [4.69, 9.17) is 0 Å². The Kier molecular flexibility index (Phi) is 5.51. The van der Waals surface area contributed by atoms with Gasteiger partial charge in [-0.15, -0.1) is 0 Å². The minimum atomic E-state index is 1.16. The minimum Gasteiger partial charge on any atom is -0.369 e. The van der Waals surface area contributed by atoms with Crippen LogP contribution in [0.25, 0.3) is 0 Å². The molecule has 0 bridgehead atoms. The highest BCUT2D eigenvalue weighted by Crippen LogP contribution is 2.19. The van der Waals surface area contributed by atoms with E-state index in [0.29, 0.717) is 0 Å². The molecule has 2 nitrogen and oxygen atoms in total. The number of hydrogen-bond acceptors (Lipinski definition) is 2. The lowest BCUT2D eigenvalue weighted by Gasteiger charge is -2.36. The van der Waals surface area contributed by atoms with Gasteiger partial charge in [0.1, 0.15) is 0 Å². The molecule has 0 atom stereocenters. The van der Waals surface area contributed by atoms with Gasteiger partial charge in [-0.05, 0) is 37.2 Å². The van der Waals surface area contributed by atoms with Gasteiger partial charge in [-0.1, -0.05) is 35.7 Å². The van der Waals surface area contributed by atoms with Gasteiger partial charge < -0.3 is 4.90 Å². The second kappa shape index (κ2) is 7.15. The van der Waals surface area contributed by atoms with E-state index in [9.17, 15) is 0 Å². The van der Waals surface area contributed by atoms with E-state index >= 15 is 0 Å². The fourth-order valence-corrected chi connectivity index (χ4v) is 2.73. The average Bonchev–Trinajstić information content (AvgIpc) is 2.41. The highest BCUT2D eigenvalue weighted by Gasteiger charge is 2.16. The number of piperazine rings is 1. The molecular formula is C15H23BrN2. The van der Waals surface area contributed by atoms with Crippen LogP contribution in [-0.2, 0) is 0 Å². The largest absolute Gasteiger partial charge is 0.369 e. The lowest BCUT2D eigenvalue weighted by molar-refractivity contribution is 0.252. The summed E-state index contributed by atoms with van der Waals surface area (Å²) in [5.74, 6) is 0. The Bertz CT molecular complexity index is 342. The van der Waals surface area contributed by atoms with Crippen LogP contribution in [0.3, 0.4) is 0 Å².